The average Bonchev–Trinajstić information content (AvgIpc) is 2.86. The van der Waals surface area contributed by atoms with Crippen molar-refractivity contribution >= 4 is 0 Å². The summed E-state index contributed by atoms with van der Waals surface area (Å²) in [5.41, 5.74) is 6.52. The van der Waals surface area contributed by atoms with Crippen LogP contribution in [0.5, 0.6) is 5.75 Å². The second-order valence-electron chi connectivity index (χ2n) is 4.11. The Bertz CT molecular complexity index is 508. The lowest BCUT2D eigenvalue weighted by Crippen LogP contribution is -2.04. The van der Waals surface area contributed by atoms with Gasteiger partial charge in [0.15, 0.2) is 0 Å². The van der Waals surface area contributed by atoms with E-state index >= 15 is 0 Å². The van der Waals surface area contributed by atoms with Gasteiger partial charge in [-0.2, -0.15) is 0 Å². The predicted octanol–water partition coefficient (Wildman–Crippen LogP) is 2.55. The molecule has 5 nitrogen and oxygen atoms in total. The third kappa shape index (κ3) is 2.87. The number of aromatic nitrogens is 2. The van der Waals surface area contributed by atoms with E-state index in [1.807, 2.05) is 24.3 Å². The molecule has 0 fully saturated rings. The highest BCUT2D eigenvalue weighted by Crippen LogP contribution is 2.23. The van der Waals surface area contributed by atoms with Crippen LogP contribution in [0, 0.1) is 0 Å². The molecule has 0 bridgehead atoms. The standard InChI is InChI=1S/C13H17N3O2/c1-3-7-17-11-6-4-5-10(8-11)13-16-15-12(18-13)9(2)14/h4-6,8-9H,3,7,14H2,1-2H3. The zero-order chi connectivity index (χ0) is 13.0. The number of benzene rings is 1. The van der Waals surface area contributed by atoms with E-state index in [0.29, 0.717) is 18.4 Å². The minimum atomic E-state index is -0.259. The fourth-order valence-corrected chi connectivity index (χ4v) is 1.47. The van der Waals surface area contributed by atoms with Gasteiger partial charge in [0, 0.05) is 5.56 Å². The van der Waals surface area contributed by atoms with E-state index in [-0.39, 0.29) is 6.04 Å². The summed E-state index contributed by atoms with van der Waals surface area (Å²) in [5.74, 6) is 1.70. The van der Waals surface area contributed by atoms with Gasteiger partial charge in [0.2, 0.25) is 11.8 Å². The summed E-state index contributed by atoms with van der Waals surface area (Å²) < 4.78 is 11.0. The van der Waals surface area contributed by atoms with Gasteiger partial charge in [0.25, 0.3) is 0 Å². The van der Waals surface area contributed by atoms with Crippen LogP contribution < -0.4 is 10.5 Å². The molecule has 0 amide bonds. The highest BCUT2D eigenvalue weighted by molar-refractivity contribution is 5.55. The van der Waals surface area contributed by atoms with E-state index in [0.717, 1.165) is 17.7 Å². The van der Waals surface area contributed by atoms with E-state index in [1.54, 1.807) is 6.92 Å². The minimum absolute atomic E-state index is 0.259. The SMILES string of the molecule is CCCOc1cccc(-c2nnc(C(C)N)o2)c1. The van der Waals surface area contributed by atoms with Gasteiger partial charge < -0.3 is 14.9 Å². The van der Waals surface area contributed by atoms with Crippen molar-refractivity contribution in [1.29, 1.82) is 0 Å². The van der Waals surface area contributed by atoms with Crippen LogP contribution in [0.1, 0.15) is 32.2 Å². The van der Waals surface area contributed by atoms with E-state index < -0.39 is 0 Å². The van der Waals surface area contributed by atoms with E-state index in [9.17, 15) is 0 Å². The molecule has 1 aromatic carbocycles. The van der Waals surface area contributed by atoms with Crippen molar-refractivity contribution in [1.82, 2.24) is 10.2 Å². The first kappa shape index (κ1) is 12.6. The molecule has 2 N–H and O–H groups in total. The Balaban J connectivity index is 2.21. The molecule has 2 rings (SSSR count). The molecule has 2 aromatic rings. The van der Waals surface area contributed by atoms with Crippen LogP contribution in [-0.4, -0.2) is 16.8 Å². The van der Waals surface area contributed by atoms with Crippen LogP contribution in [0.4, 0.5) is 0 Å². The van der Waals surface area contributed by atoms with Gasteiger partial charge in [0.05, 0.1) is 12.6 Å². The molecule has 1 unspecified atom stereocenters. The highest BCUT2D eigenvalue weighted by atomic mass is 16.5. The van der Waals surface area contributed by atoms with Gasteiger partial charge >= 0.3 is 0 Å². The molecule has 1 heterocycles. The number of hydrogen-bond acceptors (Lipinski definition) is 5. The Morgan fingerprint density at radius 2 is 2.22 bits per heavy atom. The number of nitrogens with two attached hydrogens (primary N) is 1. The Labute approximate surface area is 106 Å². The molecule has 96 valence electrons. The minimum Gasteiger partial charge on any atom is -0.494 e. The summed E-state index contributed by atoms with van der Waals surface area (Å²) in [5, 5.41) is 7.88. The van der Waals surface area contributed by atoms with Crippen molar-refractivity contribution in [3.8, 4) is 17.2 Å². The molecule has 0 aliphatic carbocycles. The summed E-state index contributed by atoms with van der Waals surface area (Å²) in [7, 11) is 0. The molecule has 0 saturated heterocycles. The summed E-state index contributed by atoms with van der Waals surface area (Å²) in [6.07, 6.45) is 0.972. The number of rotatable bonds is 5. The van der Waals surface area contributed by atoms with Crippen LogP contribution in [0.3, 0.4) is 0 Å². The fraction of sp³-hybridized carbons (Fsp3) is 0.385. The molecular weight excluding hydrogens is 230 g/mol. The Kier molecular flexibility index (Phi) is 3.94. The fourth-order valence-electron chi connectivity index (χ4n) is 1.47. The third-order valence-electron chi connectivity index (χ3n) is 2.38. The molecule has 0 aliphatic rings. The Hall–Kier alpha value is -1.88. The van der Waals surface area contributed by atoms with E-state index in [4.69, 9.17) is 14.9 Å². The van der Waals surface area contributed by atoms with Crippen molar-refractivity contribution in [3.05, 3.63) is 30.2 Å². The van der Waals surface area contributed by atoms with Crippen molar-refractivity contribution in [2.75, 3.05) is 6.61 Å². The molecule has 1 atom stereocenters. The lowest BCUT2D eigenvalue weighted by Gasteiger charge is -2.04. The molecule has 1 aromatic heterocycles. The normalized spacial score (nSPS) is 12.4. The maximum absolute atomic E-state index is 5.68. The van der Waals surface area contributed by atoms with Crippen molar-refractivity contribution in [3.63, 3.8) is 0 Å². The molecule has 18 heavy (non-hydrogen) atoms. The van der Waals surface area contributed by atoms with Crippen molar-refractivity contribution in [2.24, 2.45) is 5.73 Å². The zero-order valence-corrected chi connectivity index (χ0v) is 10.6. The molecule has 0 saturated carbocycles. The summed E-state index contributed by atoms with van der Waals surface area (Å²) in [6.45, 7) is 4.56. The first-order valence-electron chi connectivity index (χ1n) is 6.03. The van der Waals surface area contributed by atoms with Gasteiger partial charge in [-0.15, -0.1) is 10.2 Å². The Morgan fingerprint density at radius 3 is 2.89 bits per heavy atom. The average molecular weight is 247 g/mol. The molecule has 0 aliphatic heterocycles. The summed E-state index contributed by atoms with van der Waals surface area (Å²) in [6, 6.07) is 7.33. The van der Waals surface area contributed by atoms with Crippen LogP contribution in [0.2, 0.25) is 0 Å². The number of nitrogens with zero attached hydrogens (tertiary/aromatic N) is 2. The van der Waals surface area contributed by atoms with Gasteiger partial charge in [0.1, 0.15) is 5.75 Å². The van der Waals surface area contributed by atoms with Crippen LogP contribution in [0.15, 0.2) is 28.7 Å². The van der Waals surface area contributed by atoms with E-state index in [1.165, 1.54) is 0 Å². The second kappa shape index (κ2) is 5.64. The number of ether oxygens (including phenoxy) is 1. The van der Waals surface area contributed by atoms with Crippen LogP contribution >= 0.6 is 0 Å². The zero-order valence-electron chi connectivity index (χ0n) is 10.6. The lowest BCUT2D eigenvalue weighted by atomic mass is 10.2. The van der Waals surface area contributed by atoms with Crippen molar-refractivity contribution < 1.29 is 9.15 Å². The maximum atomic E-state index is 5.68. The van der Waals surface area contributed by atoms with Crippen LogP contribution in [-0.2, 0) is 0 Å². The molecular formula is C13H17N3O2. The smallest absolute Gasteiger partial charge is 0.247 e. The Morgan fingerprint density at radius 1 is 1.39 bits per heavy atom. The number of hydrogen-bond donors (Lipinski definition) is 1. The van der Waals surface area contributed by atoms with Gasteiger partial charge in [-0.05, 0) is 31.5 Å². The van der Waals surface area contributed by atoms with Gasteiger partial charge in [-0.3, -0.25) is 0 Å². The van der Waals surface area contributed by atoms with Crippen molar-refractivity contribution in [2.45, 2.75) is 26.3 Å². The molecule has 0 radical (unpaired) electrons. The highest BCUT2D eigenvalue weighted by Gasteiger charge is 2.11. The van der Waals surface area contributed by atoms with Gasteiger partial charge in [-0.1, -0.05) is 13.0 Å². The monoisotopic (exact) mass is 247 g/mol. The third-order valence-corrected chi connectivity index (χ3v) is 2.38. The van der Waals surface area contributed by atoms with E-state index in [2.05, 4.69) is 17.1 Å². The van der Waals surface area contributed by atoms with Gasteiger partial charge in [-0.25, -0.2) is 0 Å². The first-order valence-corrected chi connectivity index (χ1v) is 6.03. The molecule has 5 heteroatoms. The maximum Gasteiger partial charge on any atom is 0.247 e. The second-order valence-corrected chi connectivity index (χ2v) is 4.11. The lowest BCUT2D eigenvalue weighted by molar-refractivity contribution is 0.317. The molecule has 0 spiro atoms. The van der Waals surface area contributed by atoms with Crippen LogP contribution in [0.25, 0.3) is 11.5 Å². The largest absolute Gasteiger partial charge is 0.494 e. The predicted molar refractivity (Wildman–Crippen MR) is 68.1 cm³/mol. The first-order chi connectivity index (χ1) is 8.70. The summed E-state index contributed by atoms with van der Waals surface area (Å²) in [4.78, 5) is 0. The summed E-state index contributed by atoms with van der Waals surface area (Å²) >= 11 is 0. The quantitative estimate of drug-likeness (QED) is 0.878. The topological polar surface area (TPSA) is 74.2 Å².